The molecular weight excluding hydrogens is 262 g/mol. The first kappa shape index (κ1) is 11.6. The maximum Gasteiger partial charge on any atom is 0.184 e. The van der Waals surface area contributed by atoms with Crippen LogP contribution in [-0.4, -0.2) is 9.97 Å². The number of benzene rings is 1. The van der Waals surface area contributed by atoms with E-state index in [1.807, 2.05) is 12.4 Å². The molecule has 0 aliphatic heterocycles. The highest BCUT2D eigenvalue weighted by atomic mass is 32.1. The molecule has 0 radical (unpaired) electrons. The number of hydrogen-bond acceptors (Lipinski definition) is 5. The number of nitrogens with zero attached hydrogens (tertiary/aromatic N) is 2. The summed E-state index contributed by atoms with van der Waals surface area (Å²) in [6.45, 7) is 4.94. The Labute approximate surface area is 114 Å². The molecule has 3 aromatic rings. The minimum Gasteiger partial charge on any atom is -0.357 e. The standard InChI is InChI=1S/C13H13N3S2/c1-8-4-3-5-10-12(8)16-13(18-10)14-6-11-9(2)15-7-17-11/h3-5,7H,6H2,1-2H3,(H,14,16). The van der Waals surface area contributed by atoms with E-state index < -0.39 is 0 Å². The Bertz CT molecular complexity index is 684. The third-order valence-corrected chi connectivity index (χ3v) is 4.78. The summed E-state index contributed by atoms with van der Waals surface area (Å²) in [4.78, 5) is 10.1. The Morgan fingerprint density at radius 1 is 1.28 bits per heavy atom. The van der Waals surface area contributed by atoms with Crippen molar-refractivity contribution in [3.05, 3.63) is 39.8 Å². The molecule has 3 nitrogen and oxygen atoms in total. The van der Waals surface area contributed by atoms with Gasteiger partial charge in [0, 0.05) is 4.88 Å². The van der Waals surface area contributed by atoms with Crippen LogP contribution >= 0.6 is 22.7 Å². The first-order chi connectivity index (χ1) is 8.74. The van der Waals surface area contributed by atoms with E-state index in [9.17, 15) is 0 Å². The first-order valence-corrected chi connectivity index (χ1v) is 7.42. The lowest BCUT2D eigenvalue weighted by atomic mass is 10.2. The van der Waals surface area contributed by atoms with E-state index in [0.717, 1.165) is 22.9 Å². The second kappa shape index (κ2) is 4.66. The number of fused-ring (bicyclic) bond motifs is 1. The molecule has 3 rings (SSSR count). The highest BCUT2D eigenvalue weighted by molar-refractivity contribution is 7.22. The third-order valence-electron chi connectivity index (χ3n) is 2.87. The van der Waals surface area contributed by atoms with Crippen LogP contribution in [0.3, 0.4) is 0 Å². The number of thiazole rings is 2. The van der Waals surface area contributed by atoms with Crippen LogP contribution in [0.2, 0.25) is 0 Å². The molecule has 18 heavy (non-hydrogen) atoms. The highest BCUT2D eigenvalue weighted by Gasteiger charge is 2.06. The van der Waals surface area contributed by atoms with Crippen LogP contribution < -0.4 is 5.32 Å². The lowest BCUT2D eigenvalue weighted by Gasteiger charge is -1.99. The molecule has 2 aromatic heterocycles. The molecule has 0 amide bonds. The van der Waals surface area contributed by atoms with Crippen LogP contribution in [0, 0.1) is 13.8 Å². The number of rotatable bonds is 3. The van der Waals surface area contributed by atoms with Crippen LogP contribution in [-0.2, 0) is 6.54 Å². The van der Waals surface area contributed by atoms with Gasteiger partial charge in [-0.15, -0.1) is 11.3 Å². The monoisotopic (exact) mass is 275 g/mol. The van der Waals surface area contributed by atoms with E-state index in [4.69, 9.17) is 0 Å². The van der Waals surface area contributed by atoms with Crippen molar-refractivity contribution in [2.75, 3.05) is 5.32 Å². The van der Waals surface area contributed by atoms with Gasteiger partial charge < -0.3 is 5.32 Å². The topological polar surface area (TPSA) is 37.8 Å². The Morgan fingerprint density at radius 2 is 2.17 bits per heavy atom. The van der Waals surface area contributed by atoms with Gasteiger partial charge in [0.05, 0.1) is 28.0 Å². The maximum absolute atomic E-state index is 4.63. The fraction of sp³-hybridized carbons (Fsp3) is 0.231. The Morgan fingerprint density at radius 3 is 2.89 bits per heavy atom. The molecule has 0 bridgehead atoms. The quantitative estimate of drug-likeness (QED) is 0.785. The average Bonchev–Trinajstić information content (AvgIpc) is 2.93. The summed E-state index contributed by atoms with van der Waals surface area (Å²) < 4.78 is 1.23. The summed E-state index contributed by atoms with van der Waals surface area (Å²) in [5.41, 5.74) is 5.32. The van der Waals surface area contributed by atoms with Gasteiger partial charge in [-0.05, 0) is 25.5 Å². The molecule has 5 heteroatoms. The smallest absolute Gasteiger partial charge is 0.184 e. The van der Waals surface area contributed by atoms with E-state index in [2.05, 4.69) is 40.4 Å². The molecule has 0 aliphatic rings. The number of hydrogen-bond donors (Lipinski definition) is 1. The van der Waals surface area contributed by atoms with Gasteiger partial charge in [0.2, 0.25) is 0 Å². The molecule has 0 saturated carbocycles. The van der Waals surface area contributed by atoms with Crippen molar-refractivity contribution < 1.29 is 0 Å². The van der Waals surface area contributed by atoms with Crippen LogP contribution in [0.4, 0.5) is 5.13 Å². The molecule has 0 fully saturated rings. The van der Waals surface area contributed by atoms with Gasteiger partial charge in [0.25, 0.3) is 0 Å². The van der Waals surface area contributed by atoms with E-state index in [0.29, 0.717) is 0 Å². The van der Waals surface area contributed by atoms with Gasteiger partial charge in [-0.25, -0.2) is 9.97 Å². The molecule has 0 aliphatic carbocycles. The largest absolute Gasteiger partial charge is 0.357 e. The minimum atomic E-state index is 0.801. The summed E-state index contributed by atoms with van der Waals surface area (Å²) in [7, 11) is 0. The number of aryl methyl sites for hydroxylation is 2. The number of nitrogens with one attached hydrogen (secondary N) is 1. The second-order valence-corrected chi connectivity index (χ2v) is 6.13. The Balaban J connectivity index is 1.83. The van der Waals surface area contributed by atoms with Gasteiger partial charge in [-0.2, -0.15) is 0 Å². The molecule has 0 atom stereocenters. The number of aromatic nitrogens is 2. The molecule has 0 unspecified atom stereocenters. The van der Waals surface area contributed by atoms with Gasteiger partial charge in [0.15, 0.2) is 5.13 Å². The van der Waals surface area contributed by atoms with Crippen LogP contribution in [0.1, 0.15) is 16.1 Å². The molecular formula is C13H13N3S2. The number of anilines is 1. The lowest BCUT2D eigenvalue weighted by molar-refractivity contribution is 1.11. The van der Waals surface area contributed by atoms with Gasteiger partial charge in [-0.3, -0.25) is 0 Å². The molecule has 92 valence electrons. The van der Waals surface area contributed by atoms with Crippen molar-refractivity contribution >= 4 is 38.0 Å². The van der Waals surface area contributed by atoms with Crippen molar-refractivity contribution in [1.29, 1.82) is 0 Å². The van der Waals surface area contributed by atoms with Crippen molar-refractivity contribution in [3.8, 4) is 0 Å². The Kier molecular flexibility index (Phi) is 3.01. The average molecular weight is 275 g/mol. The van der Waals surface area contributed by atoms with Gasteiger partial charge in [-0.1, -0.05) is 23.5 Å². The first-order valence-electron chi connectivity index (χ1n) is 5.73. The molecule has 0 saturated heterocycles. The highest BCUT2D eigenvalue weighted by Crippen LogP contribution is 2.28. The zero-order valence-electron chi connectivity index (χ0n) is 10.2. The van der Waals surface area contributed by atoms with Crippen molar-refractivity contribution in [3.63, 3.8) is 0 Å². The van der Waals surface area contributed by atoms with Crippen LogP contribution in [0.5, 0.6) is 0 Å². The fourth-order valence-corrected chi connectivity index (χ4v) is 3.47. The molecule has 1 N–H and O–H groups in total. The van der Waals surface area contributed by atoms with E-state index in [1.165, 1.54) is 15.1 Å². The van der Waals surface area contributed by atoms with Gasteiger partial charge in [0.1, 0.15) is 0 Å². The van der Waals surface area contributed by atoms with Crippen molar-refractivity contribution in [2.24, 2.45) is 0 Å². The molecule has 0 spiro atoms. The normalized spacial score (nSPS) is 11.0. The summed E-state index contributed by atoms with van der Waals surface area (Å²) in [6.07, 6.45) is 0. The van der Waals surface area contributed by atoms with E-state index in [1.54, 1.807) is 22.7 Å². The summed E-state index contributed by atoms with van der Waals surface area (Å²) >= 11 is 3.38. The number of para-hydroxylation sites is 1. The van der Waals surface area contributed by atoms with E-state index >= 15 is 0 Å². The summed E-state index contributed by atoms with van der Waals surface area (Å²) in [5, 5.41) is 4.36. The third kappa shape index (κ3) is 2.11. The molecule has 2 heterocycles. The zero-order chi connectivity index (χ0) is 12.5. The Hall–Kier alpha value is -1.46. The summed E-state index contributed by atoms with van der Waals surface area (Å²) in [5.74, 6) is 0. The minimum absolute atomic E-state index is 0.801. The van der Waals surface area contributed by atoms with E-state index in [-0.39, 0.29) is 0 Å². The predicted octanol–water partition coefficient (Wildman–Crippen LogP) is 3.98. The predicted molar refractivity (Wildman–Crippen MR) is 78.5 cm³/mol. The van der Waals surface area contributed by atoms with Crippen LogP contribution in [0.25, 0.3) is 10.2 Å². The lowest BCUT2D eigenvalue weighted by Crippen LogP contribution is -1.98. The second-order valence-electron chi connectivity index (χ2n) is 4.16. The van der Waals surface area contributed by atoms with Crippen molar-refractivity contribution in [2.45, 2.75) is 20.4 Å². The maximum atomic E-state index is 4.63. The fourth-order valence-electron chi connectivity index (χ4n) is 1.81. The SMILES string of the molecule is Cc1ncsc1CNc1nc2c(C)cccc2s1. The van der Waals surface area contributed by atoms with Gasteiger partial charge >= 0.3 is 0 Å². The molecule has 1 aromatic carbocycles. The summed E-state index contributed by atoms with van der Waals surface area (Å²) in [6, 6.07) is 6.29. The zero-order valence-corrected chi connectivity index (χ0v) is 11.9. The van der Waals surface area contributed by atoms with Crippen LogP contribution in [0.15, 0.2) is 23.7 Å². The van der Waals surface area contributed by atoms with Crippen molar-refractivity contribution in [1.82, 2.24) is 9.97 Å².